The summed E-state index contributed by atoms with van der Waals surface area (Å²) in [6.07, 6.45) is 0.955. The Morgan fingerprint density at radius 2 is 2.05 bits per heavy atom. The molecule has 3 N–H and O–H groups in total. The van der Waals surface area contributed by atoms with E-state index in [0.717, 1.165) is 6.42 Å². The van der Waals surface area contributed by atoms with Gasteiger partial charge in [-0.15, -0.1) is 11.8 Å². The van der Waals surface area contributed by atoms with Gasteiger partial charge in [-0.25, -0.2) is 4.79 Å². The summed E-state index contributed by atoms with van der Waals surface area (Å²) < 4.78 is 0. The van der Waals surface area contributed by atoms with Crippen LogP contribution in [0.2, 0.25) is 0 Å². The molecule has 7 heteroatoms. The standard InChI is InChI=1S/C15H18N2O4S/c1-2-9-3-5-10(6-4-9)16-13(18)7-12-14(19)17-11(8-22-12)15(20)21/h3-6,11-12H,2,7-8H2,1H3,(H,16,18)(H,17,19)(H,20,21)/t11-,12-/m1/s1. The molecule has 0 radical (unpaired) electrons. The van der Waals surface area contributed by atoms with Crippen LogP contribution in [0.5, 0.6) is 0 Å². The summed E-state index contributed by atoms with van der Waals surface area (Å²) in [4.78, 5) is 34.6. The van der Waals surface area contributed by atoms with E-state index in [1.807, 2.05) is 24.3 Å². The van der Waals surface area contributed by atoms with E-state index in [9.17, 15) is 14.4 Å². The van der Waals surface area contributed by atoms with Gasteiger partial charge in [-0.05, 0) is 24.1 Å². The topological polar surface area (TPSA) is 95.5 Å². The predicted molar refractivity (Wildman–Crippen MR) is 84.9 cm³/mol. The number of aryl methyl sites for hydroxylation is 1. The summed E-state index contributed by atoms with van der Waals surface area (Å²) in [5, 5.41) is 13.5. The summed E-state index contributed by atoms with van der Waals surface area (Å²) in [5.41, 5.74) is 1.87. The number of benzene rings is 1. The maximum absolute atomic E-state index is 12.0. The van der Waals surface area contributed by atoms with Crippen LogP contribution in [0.3, 0.4) is 0 Å². The first kappa shape index (κ1) is 16.4. The first-order chi connectivity index (χ1) is 10.5. The van der Waals surface area contributed by atoms with Crippen LogP contribution in [-0.2, 0) is 20.8 Å². The van der Waals surface area contributed by atoms with Gasteiger partial charge in [0.1, 0.15) is 6.04 Å². The number of carboxylic acids is 1. The highest BCUT2D eigenvalue weighted by molar-refractivity contribution is 8.00. The Labute approximate surface area is 132 Å². The first-order valence-electron chi connectivity index (χ1n) is 7.03. The van der Waals surface area contributed by atoms with Crippen LogP contribution in [0.4, 0.5) is 5.69 Å². The van der Waals surface area contributed by atoms with Crippen LogP contribution in [0, 0.1) is 0 Å². The number of carboxylic acid groups (broad SMARTS) is 1. The molecule has 2 amide bonds. The molecule has 0 spiro atoms. The van der Waals surface area contributed by atoms with Crippen LogP contribution < -0.4 is 10.6 Å². The van der Waals surface area contributed by atoms with E-state index in [1.54, 1.807) is 0 Å². The van der Waals surface area contributed by atoms with Crippen molar-refractivity contribution in [2.75, 3.05) is 11.1 Å². The van der Waals surface area contributed by atoms with Crippen molar-refractivity contribution in [3.8, 4) is 0 Å². The lowest BCUT2D eigenvalue weighted by molar-refractivity contribution is -0.141. The maximum atomic E-state index is 12.0. The number of carbonyl (C=O) groups excluding carboxylic acids is 2. The van der Waals surface area contributed by atoms with E-state index in [4.69, 9.17) is 5.11 Å². The van der Waals surface area contributed by atoms with Gasteiger partial charge in [-0.2, -0.15) is 0 Å². The number of amides is 2. The summed E-state index contributed by atoms with van der Waals surface area (Å²) in [6, 6.07) is 6.65. The fourth-order valence-electron chi connectivity index (χ4n) is 2.08. The molecule has 1 saturated heterocycles. The van der Waals surface area contributed by atoms with Gasteiger partial charge in [-0.3, -0.25) is 9.59 Å². The van der Waals surface area contributed by atoms with Gasteiger partial charge < -0.3 is 15.7 Å². The van der Waals surface area contributed by atoms with Gasteiger partial charge in [0.05, 0.1) is 5.25 Å². The summed E-state index contributed by atoms with van der Waals surface area (Å²) in [7, 11) is 0. The Bertz CT molecular complexity index is 573. The van der Waals surface area contributed by atoms with Gasteiger partial charge >= 0.3 is 5.97 Å². The molecule has 1 aromatic rings. The minimum Gasteiger partial charge on any atom is -0.480 e. The number of hydrogen-bond acceptors (Lipinski definition) is 4. The molecule has 0 aromatic heterocycles. The average Bonchev–Trinajstić information content (AvgIpc) is 2.50. The molecule has 0 unspecified atom stereocenters. The lowest BCUT2D eigenvalue weighted by Crippen LogP contribution is -2.51. The fraction of sp³-hybridized carbons (Fsp3) is 0.400. The molecular weight excluding hydrogens is 304 g/mol. The number of carbonyl (C=O) groups is 3. The smallest absolute Gasteiger partial charge is 0.327 e. The second-order valence-corrected chi connectivity index (χ2v) is 6.26. The van der Waals surface area contributed by atoms with Crippen molar-refractivity contribution in [2.24, 2.45) is 0 Å². The third-order valence-corrected chi connectivity index (χ3v) is 4.70. The monoisotopic (exact) mass is 322 g/mol. The molecule has 118 valence electrons. The Morgan fingerprint density at radius 1 is 1.36 bits per heavy atom. The molecule has 1 fully saturated rings. The van der Waals surface area contributed by atoms with Gasteiger partial charge in [-0.1, -0.05) is 19.1 Å². The van der Waals surface area contributed by atoms with Crippen molar-refractivity contribution in [3.05, 3.63) is 29.8 Å². The fourth-order valence-corrected chi connectivity index (χ4v) is 3.22. The highest BCUT2D eigenvalue weighted by atomic mass is 32.2. The third-order valence-electron chi connectivity index (χ3n) is 3.39. The van der Waals surface area contributed by atoms with Crippen molar-refractivity contribution in [3.63, 3.8) is 0 Å². The summed E-state index contributed by atoms with van der Waals surface area (Å²) in [6.45, 7) is 2.05. The largest absolute Gasteiger partial charge is 0.480 e. The number of anilines is 1. The van der Waals surface area contributed by atoms with Crippen molar-refractivity contribution >= 4 is 35.2 Å². The quantitative estimate of drug-likeness (QED) is 0.758. The first-order valence-corrected chi connectivity index (χ1v) is 8.08. The zero-order valence-electron chi connectivity index (χ0n) is 12.2. The van der Waals surface area contributed by atoms with E-state index in [1.165, 1.54) is 17.3 Å². The minimum absolute atomic E-state index is 0.0262. The SMILES string of the molecule is CCc1ccc(NC(=O)C[C@H]2SC[C@H](C(=O)O)NC2=O)cc1. The molecule has 1 aromatic carbocycles. The molecule has 2 rings (SSSR count). The summed E-state index contributed by atoms with van der Waals surface area (Å²) in [5.74, 6) is -1.45. The van der Waals surface area contributed by atoms with Crippen LogP contribution in [0.25, 0.3) is 0 Å². The molecule has 1 heterocycles. The third kappa shape index (κ3) is 4.24. The predicted octanol–water partition coefficient (Wildman–Crippen LogP) is 1.26. The van der Waals surface area contributed by atoms with E-state index in [0.29, 0.717) is 5.69 Å². The van der Waals surface area contributed by atoms with E-state index in [2.05, 4.69) is 17.6 Å². The molecule has 0 saturated carbocycles. The number of aliphatic carboxylic acids is 1. The molecule has 1 aliphatic heterocycles. The molecule has 0 bridgehead atoms. The molecular formula is C15H18N2O4S. The number of hydrogen-bond donors (Lipinski definition) is 3. The van der Waals surface area contributed by atoms with E-state index >= 15 is 0 Å². The van der Waals surface area contributed by atoms with Crippen LogP contribution >= 0.6 is 11.8 Å². The van der Waals surface area contributed by atoms with Crippen molar-refractivity contribution < 1.29 is 19.5 Å². The van der Waals surface area contributed by atoms with Crippen molar-refractivity contribution in [1.29, 1.82) is 0 Å². The van der Waals surface area contributed by atoms with Crippen LogP contribution in [0.15, 0.2) is 24.3 Å². The number of nitrogens with one attached hydrogen (secondary N) is 2. The lowest BCUT2D eigenvalue weighted by atomic mass is 10.1. The van der Waals surface area contributed by atoms with Gasteiger partial charge in [0.15, 0.2) is 0 Å². The Kier molecular flexibility index (Phi) is 5.43. The summed E-state index contributed by atoms with van der Waals surface area (Å²) >= 11 is 1.20. The second kappa shape index (κ2) is 7.31. The Balaban J connectivity index is 1.86. The molecule has 22 heavy (non-hydrogen) atoms. The molecule has 1 aliphatic rings. The van der Waals surface area contributed by atoms with E-state index in [-0.39, 0.29) is 18.1 Å². The Hall–Kier alpha value is -2.02. The lowest BCUT2D eigenvalue weighted by Gasteiger charge is -2.25. The Morgan fingerprint density at radius 3 is 2.59 bits per heavy atom. The molecule has 6 nitrogen and oxygen atoms in total. The van der Waals surface area contributed by atoms with Crippen molar-refractivity contribution in [2.45, 2.75) is 31.1 Å². The van der Waals surface area contributed by atoms with Crippen molar-refractivity contribution in [1.82, 2.24) is 5.32 Å². The highest BCUT2D eigenvalue weighted by Crippen LogP contribution is 2.22. The minimum atomic E-state index is -1.06. The molecule has 0 aliphatic carbocycles. The zero-order chi connectivity index (χ0) is 16.1. The number of rotatable bonds is 5. The average molecular weight is 322 g/mol. The van der Waals surface area contributed by atoms with Gasteiger partial charge in [0, 0.05) is 17.9 Å². The maximum Gasteiger partial charge on any atom is 0.327 e. The van der Waals surface area contributed by atoms with Gasteiger partial charge in [0.2, 0.25) is 11.8 Å². The highest BCUT2D eigenvalue weighted by Gasteiger charge is 2.33. The zero-order valence-corrected chi connectivity index (χ0v) is 13.0. The second-order valence-electron chi connectivity index (χ2n) is 5.02. The number of thioether (sulfide) groups is 1. The van der Waals surface area contributed by atoms with E-state index < -0.39 is 23.2 Å². The normalized spacial score (nSPS) is 21.0. The van der Waals surface area contributed by atoms with Gasteiger partial charge in [0.25, 0.3) is 0 Å². The van der Waals surface area contributed by atoms with Crippen LogP contribution in [-0.4, -0.2) is 39.9 Å². The van der Waals surface area contributed by atoms with Crippen LogP contribution in [0.1, 0.15) is 18.9 Å². The molecule has 2 atom stereocenters.